The SMILES string of the molecule is O=C(c1cc2ccccc2o1)c1occc1Br. The minimum Gasteiger partial charge on any atom is -0.459 e. The largest absolute Gasteiger partial charge is 0.459 e. The Bertz CT molecular complexity index is 660. The maximum absolute atomic E-state index is 12.1. The predicted molar refractivity (Wildman–Crippen MR) is 66.1 cm³/mol. The standard InChI is InChI=1S/C13H7BrO3/c14-9-5-6-16-13(9)12(15)11-7-8-3-1-2-4-10(8)17-11/h1-7H. The lowest BCUT2D eigenvalue weighted by Crippen LogP contribution is -1.97. The Balaban J connectivity index is 2.10. The molecule has 4 heteroatoms. The fourth-order valence-corrected chi connectivity index (χ4v) is 2.04. The highest BCUT2D eigenvalue weighted by Crippen LogP contribution is 2.25. The second-order valence-electron chi connectivity index (χ2n) is 3.58. The molecule has 3 nitrogen and oxygen atoms in total. The highest BCUT2D eigenvalue weighted by atomic mass is 79.9. The van der Waals surface area contributed by atoms with Gasteiger partial charge < -0.3 is 8.83 Å². The molecule has 0 atom stereocenters. The molecule has 3 rings (SSSR count). The Labute approximate surface area is 105 Å². The van der Waals surface area contributed by atoms with Gasteiger partial charge in [0, 0.05) is 5.39 Å². The molecule has 0 fully saturated rings. The lowest BCUT2D eigenvalue weighted by Gasteiger charge is -1.92. The van der Waals surface area contributed by atoms with E-state index in [1.807, 2.05) is 24.3 Å². The lowest BCUT2D eigenvalue weighted by atomic mass is 10.2. The molecular weight excluding hydrogens is 284 g/mol. The molecule has 1 aromatic carbocycles. The molecule has 0 aliphatic carbocycles. The van der Waals surface area contributed by atoms with E-state index in [4.69, 9.17) is 8.83 Å². The van der Waals surface area contributed by atoms with E-state index in [-0.39, 0.29) is 17.3 Å². The molecule has 0 unspecified atom stereocenters. The first kappa shape index (κ1) is 10.4. The van der Waals surface area contributed by atoms with Gasteiger partial charge in [-0.25, -0.2) is 0 Å². The van der Waals surface area contributed by atoms with Crippen molar-refractivity contribution in [2.24, 2.45) is 0 Å². The maximum atomic E-state index is 12.1. The fraction of sp³-hybridized carbons (Fsp3) is 0. The number of ketones is 1. The van der Waals surface area contributed by atoms with Gasteiger partial charge in [-0.05, 0) is 34.1 Å². The van der Waals surface area contributed by atoms with Crippen LogP contribution >= 0.6 is 15.9 Å². The van der Waals surface area contributed by atoms with E-state index in [0.29, 0.717) is 10.1 Å². The molecule has 0 spiro atoms. The van der Waals surface area contributed by atoms with Crippen molar-refractivity contribution in [1.29, 1.82) is 0 Å². The highest BCUT2D eigenvalue weighted by Gasteiger charge is 2.19. The number of furan rings is 2. The second kappa shape index (κ2) is 3.89. The van der Waals surface area contributed by atoms with Crippen molar-refractivity contribution >= 4 is 32.7 Å². The van der Waals surface area contributed by atoms with Crippen LogP contribution in [0.3, 0.4) is 0 Å². The topological polar surface area (TPSA) is 43.4 Å². The van der Waals surface area contributed by atoms with Crippen LogP contribution in [-0.2, 0) is 0 Å². The average molecular weight is 291 g/mol. The third kappa shape index (κ3) is 1.70. The van der Waals surface area contributed by atoms with Gasteiger partial charge in [-0.15, -0.1) is 0 Å². The summed E-state index contributed by atoms with van der Waals surface area (Å²) in [7, 11) is 0. The Hall–Kier alpha value is -1.81. The molecule has 0 bridgehead atoms. The average Bonchev–Trinajstić information content (AvgIpc) is 2.93. The second-order valence-corrected chi connectivity index (χ2v) is 4.43. The zero-order chi connectivity index (χ0) is 11.8. The zero-order valence-corrected chi connectivity index (χ0v) is 10.2. The van der Waals surface area contributed by atoms with Gasteiger partial charge in [-0.1, -0.05) is 18.2 Å². The van der Waals surface area contributed by atoms with Crippen LogP contribution in [0.2, 0.25) is 0 Å². The quantitative estimate of drug-likeness (QED) is 0.670. The minimum absolute atomic E-state index is 0.254. The molecule has 0 aliphatic heterocycles. The first-order valence-electron chi connectivity index (χ1n) is 5.02. The number of fused-ring (bicyclic) bond motifs is 1. The number of hydrogen-bond donors (Lipinski definition) is 0. The molecule has 2 heterocycles. The van der Waals surface area contributed by atoms with Gasteiger partial charge in [0.05, 0.1) is 10.7 Å². The summed E-state index contributed by atoms with van der Waals surface area (Å²) in [6.45, 7) is 0. The predicted octanol–water partition coefficient (Wildman–Crippen LogP) is 4.02. The van der Waals surface area contributed by atoms with Crippen molar-refractivity contribution in [2.75, 3.05) is 0 Å². The van der Waals surface area contributed by atoms with Crippen LogP contribution in [0, 0.1) is 0 Å². The van der Waals surface area contributed by atoms with Gasteiger partial charge in [0.15, 0.2) is 11.5 Å². The van der Waals surface area contributed by atoms with Crippen molar-refractivity contribution in [1.82, 2.24) is 0 Å². The van der Waals surface area contributed by atoms with E-state index in [2.05, 4.69) is 15.9 Å². The summed E-state index contributed by atoms with van der Waals surface area (Å²) in [5.74, 6) is 0.268. The first-order valence-corrected chi connectivity index (χ1v) is 5.81. The first-order chi connectivity index (χ1) is 8.25. The van der Waals surface area contributed by atoms with Crippen LogP contribution in [0.4, 0.5) is 0 Å². The number of para-hydroxylation sites is 1. The van der Waals surface area contributed by atoms with Crippen LogP contribution in [0.1, 0.15) is 16.3 Å². The van der Waals surface area contributed by atoms with Crippen molar-refractivity contribution in [3.63, 3.8) is 0 Å². The molecule has 2 aromatic heterocycles. The van der Waals surface area contributed by atoms with Crippen molar-refractivity contribution in [3.05, 3.63) is 58.7 Å². The Morgan fingerprint density at radius 3 is 2.71 bits per heavy atom. The van der Waals surface area contributed by atoms with Crippen molar-refractivity contribution in [3.8, 4) is 0 Å². The molecule has 0 saturated heterocycles. The number of halogens is 1. The molecular formula is C13H7BrO3. The number of hydrogen-bond acceptors (Lipinski definition) is 3. The monoisotopic (exact) mass is 290 g/mol. The van der Waals surface area contributed by atoms with Crippen molar-refractivity contribution < 1.29 is 13.6 Å². The van der Waals surface area contributed by atoms with Crippen molar-refractivity contribution in [2.45, 2.75) is 0 Å². The van der Waals surface area contributed by atoms with Gasteiger partial charge in [-0.3, -0.25) is 4.79 Å². The van der Waals surface area contributed by atoms with Gasteiger partial charge >= 0.3 is 0 Å². The third-order valence-corrected chi connectivity index (χ3v) is 3.10. The molecule has 0 saturated carbocycles. The molecule has 0 amide bonds. The molecule has 0 N–H and O–H groups in total. The minimum atomic E-state index is -0.266. The number of carbonyl (C=O) groups is 1. The summed E-state index contributed by atoms with van der Waals surface area (Å²) in [6, 6.07) is 10.9. The number of benzene rings is 1. The number of carbonyl (C=O) groups excluding carboxylic acids is 1. The van der Waals surface area contributed by atoms with Gasteiger partial charge in [0.25, 0.3) is 5.78 Å². The van der Waals surface area contributed by atoms with Crippen LogP contribution in [-0.4, -0.2) is 5.78 Å². The summed E-state index contributed by atoms with van der Waals surface area (Å²) in [6.07, 6.45) is 1.46. The van der Waals surface area contributed by atoms with E-state index < -0.39 is 0 Å². The summed E-state index contributed by atoms with van der Waals surface area (Å²) < 4.78 is 11.2. The van der Waals surface area contributed by atoms with Crippen LogP contribution in [0.25, 0.3) is 11.0 Å². The molecule has 0 radical (unpaired) electrons. The molecule has 3 aromatic rings. The molecule has 0 aliphatic rings. The van der Waals surface area contributed by atoms with Crippen LogP contribution < -0.4 is 0 Å². The van der Waals surface area contributed by atoms with Gasteiger partial charge in [0.1, 0.15) is 5.58 Å². The normalized spacial score (nSPS) is 10.9. The van der Waals surface area contributed by atoms with E-state index in [9.17, 15) is 4.79 Å². The summed E-state index contributed by atoms with van der Waals surface area (Å²) in [4.78, 5) is 12.1. The Morgan fingerprint density at radius 1 is 1.18 bits per heavy atom. The third-order valence-electron chi connectivity index (χ3n) is 2.47. The molecule has 84 valence electrons. The molecule has 17 heavy (non-hydrogen) atoms. The van der Waals surface area contributed by atoms with Gasteiger partial charge in [0.2, 0.25) is 0 Å². The number of rotatable bonds is 2. The van der Waals surface area contributed by atoms with E-state index in [1.165, 1.54) is 6.26 Å². The maximum Gasteiger partial charge on any atom is 0.264 e. The lowest BCUT2D eigenvalue weighted by molar-refractivity contribution is 0.0984. The van der Waals surface area contributed by atoms with E-state index in [0.717, 1.165) is 5.39 Å². The summed E-state index contributed by atoms with van der Waals surface area (Å²) in [5, 5.41) is 0.901. The Morgan fingerprint density at radius 2 is 2.00 bits per heavy atom. The van der Waals surface area contributed by atoms with Crippen LogP contribution in [0.5, 0.6) is 0 Å². The van der Waals surface area contributed by atoms with E-state index >= 15 is 0 Å². The van der Waals surface area contributed by atoms with E-state index in [1.54, 1.807) is 12.1 Å². The summed E-state index contributed by atoms with van der Waals surface area (Å²) in [5.41, 5.74) is 0.693. The highest BCUT2D eigenvalue weighted by molar-refractivity contribution is 9.10. The van der Waals surface area contributed by atoms with Crippen LogP contribution in [0.15, 0.2) is 56.0 Å². The Kier molecular flexibility index (Phi) is 2.37. The fourth-order valence-electron chi connectivity index (χ4n) is 1.66. The summed E-state index contributed by atoms with van der Waals surface area (Å²) >= 11 is 3.25. The van der Waals surface area contributed by atoms with Gasteiger partial charge in [-0.2, -0.15) is 0 Å². The smallest absolute Gasteiger partial charge is 0.264 e. The zero-order valence-electron chi connectivity index (χ0n) is 8.64.